The largest absolute Gasteiger partial charge is 0.336 e. The molecule has 0 bridgehead atoms. The van der Waals surface area contributed by atoms with Gasteiger partial charge in [-0.3, -0.25) is 10.1 Å². The lowest BCUT2D eigenvalue weighted by atomic mass is 10.1. The van der Waals surface area contributed by atoms with Gasteiger partial charge in [-0.1, -0.05) is 11.3 Å². The van der Waals surface area contributed by atoms with Crippen LogP contribution >= 0.6 is 11.3 Å². The van der Waals surface area contributed by atoms with E-state index >= 15 is 0 Å². The van der Waals surface area contributed by atoms with Crippen molar-refractivity contribution in [3.8, 4) is 0 Å². The second-order valence-electron chi connectivity index (χ2n) is 6.24. The van der Waals surface area contributed by atoms with Crippen molar-refractivity contribution in [3.05, 3.63) is 46.0 Å². The Balaban J connectivity index is 1.71. The number of hydrogen-bond acceptors (Lipinski definition) is 4. The fraction of sp³-hybridized carbons (Fsp3) is 0.353. The first-order valence-electron chi connectivity index (χ1n) is 8.14. The zero-order valence-electron chi connectivity index (χ0n) is 14.3. The van der Waals surface area contributed by atoms with E-state index in [0.717, 1.165) is 22.7 Å². The van der Waals surface area contributed by atoms with Gasteiger partial charge in [0.1, 0.15) is 11.6 Å². The van der Waals surface area contributed by atoms with E-state index in [1.54, 1.807) is 0 Å². The van der Waals surface area contributed by atoms with Crippen molar-refractivity contribution < 1.29 is 18.4 Å². The highest BCUT2D eigenvalue weighted by molar-refractivity contribution is 7.15. The highest BCUT2D eigenvalue weighted by Crippen LogP contribution is 2.29. The Morgan fingerprint density at radius 2 is 2.08 bits per heavy atom. The van der Waals surface area contributed by atoms with Crippen molar-refractivity contribution in [3.63, 3.8) is 0 Å². The Bertz CT molecular complexity index is 853. The van der Waals surface area contributed by atoms with Gasteiger partial charge >= 0.3 is 6.03 Å². The molecule has 0 spiro atoms. The predicted molar refractivity (Wildman–Crippen MR) is 94.2 cm³/mol. The van der Waals surface area contributed by atoms with Crippen LogP contribution in [0.25, 0.3) is 0 Å². The van der Waals surface area contributed by atoms with Gasteiger partial charge in [0.05, 0.1) is 17.8 Å². The number of urea groups is 1. The van der Waals surface area contributed by atoms with Gasteiger partial charge in [-0.2, -0.15) is 0 Å². The summed E-state index contributed by atoms with van der Waals surface area (Å²) in [7, 11) is 0. The van der Waals surface area contributed by atoms with Crippen LogP contribution in [0.1, 0.15) is 34.8 Å². The Morgan fingerprint density at radius 1 is 1.31 bits per heavy atom. The third-order valence-electron chi connectivity index (χ3n) is 3.82. The topological polar surface area (TPSA) is 74.3 Å². The normalized spacial score (nSPS) is 13.5. The molecule has 0 unspecified atom stereocenters. The van der Waals surface area contributed by atoms with Crippen LogP contribution in [0.5, 0.6) is 0 Å². The molecule has 2 aromatic rings. The number of halogens is 2. The summed E-state index contributed by atoms with van der Waals surface area (Å²) in [6, 6.07) is 2.58. The fourth-order valence-electron chi connectivity index (χ4n) is 2.65. The number of hydrogen-bond donors (Lipinski definition) is 2. The monoisotopic (exact) mass is 380 g/mol. The van der Waals surface area contributed by atoms with E-state index in [9.17, 15) is 18.4 Å². The van der Waals surface area contributed by atoms with Crippen LogP contribution < -0.4 is 10.6 Å². The second kappa shape index (κ2) is 7.36. The number of carbonyl (C=O) groups is 2. The number of aromatic nitrogens is 1. The van der Waals surface area contributed by atoms with Crippen LogP contribution in [0.15, 0.2) is 18.2 Å². The van der Waals surface area contributed by atoms with Gasteiger partial charge in [-0.05, 0) is 26.0 Å². The van der Waals surface area contributed by atoms with Gasteiger partial charge in [0, 0.05) is 30.0 Å². The molecule has 0 radical (unpaired) electrons. The highest BCUT2D eigenvalue weighted by Gasteiger charge is 2.27. The van der Waals surface area contributed by atoms with Gasteiger partial charge in [0.15, 0.2) is 5.13 Å². The standard InChI is InChI=1S/C17H18F2N4O2S/c1-9(2)20-16(25)22-17-21-13-5-6-23(8-14(13)26-17)15(24)11-4-3-10(18)7-12(11)19/h3-4,7,9H,5-6,8H2,1-2H3,(H2,20,21,22,25). The molecule has 1 aliphatic rings. The zero-order valence-corrected chi connectivity index (χ0v) is 15.1. The molecule has 1 aliphatic heterocycles. The third kappa shape index (κ3) is 3.98. The van der Waals surface area contributed by atoms with E-state index in [1.165, 1.54) is 16.2 Å². The van der Waals surface area contributed by atoms with E-state index in [0.29, 0.717) is 24.2 Å². The quantitative estimate of drug-likeness (QED) is 0.859. The van der Waals surface area contributed by atoms with E-state index in [2.05, 4.69) is 15.6 Å². The fourth-order valence-corrected chi connectivity index (χ4v) is 3.67. The molecule has 9 heteroatoms. The lowest BCUT2D eigenvalue weighted by Crippen LogP contribution is -2.36. The first-order valence-corrected chi connectivity index (χ1v) is 8.95. The summed E-state index contributed by atoms with van der Waals surface area (Å²) in [6.45, 7) is 4.36. The van der Waals surface area contributed by atoms with Gasteiger partial charge < -0.3 is 10.2 Å². The molecular weight excluding hydrogens is 362 g/mol. The summed E-state index contributed by atoms with van der Waals surface area (Å²) in [4.78, 5) is 31.0. The molecule has 1 aromatic carbocycles. The molecule has 2 N–H and O–H groups in total. The Hall–Kier alpha value is -2.55. The number of thiazole rings is 1. The maximum atomic E-state index is 13.9. The number of amides is 3. The molecule has 0 aliphatic carbocycles. The minimum absolute atomic E-state index is 0.00306. The van der Waals surface area contributed by atoms with Crippen molar-refractivity contribution in [1.29, 1.82) is 0 Å². The second-order valence-corrected chi connectivity index (χ2v) is 7.33. The number of anilines is 1. The van der Waals surface area contributed by atoms with Crippen molar-refractivity contribution >= 4 is 28.4 Å². The third-order valence-corrected chi connectivity index (χ3v) is 4.82. The van der Waals surface area contributed by atoms with Crippen LogP contribution in [0.3, 0.4) is 0 Å². The molecule has 26 heavy (non-hydrogen) atoms. The molecule has 6 nitrogen and oxygen atoms in total. The number of fused-ring (bicyclic) bond motifs is 1. The van der Waals surface area contributed by atoms with E-state index < -0.39 is 17.5 Å². The summed E-state index contributed by atoms with van der Waals surface area (Å²) in [6.07, 6.45) is 0.508. The molecule has 3 rings (SSSR count). The molecule has 0 fully saturated rings. The van der Waals surface area contributed by atoms with Crippen LogP contribution in [-0.2, 0) is 13.0 Å². The van der Waals surface area contributed by atoms with Crippen LogP contribution in [0, 0.1) is 11.6 Å². The van der Waals surface area contributed by atoms with Crippen molar-refractivity contribution in [1.82, 2.24) is 15.2 Å². The maximum absolute atomic E-state index is 13.9. The highest BCUT2D eigenvalue weighted by atomic mass is 32.1. The first kappa shape index (κ1) is 18.2. The van der Waals surface area contributed by atoms with Crippen molar-refractivity contribution in [2.24, 2.45) is 0 Å². The van der Waals surface area contributed by atoms with Gasteiger partial charge in [-0.15, -0.1) is 0 Å². The summed E-state index contributed by atoms with van der Waals surface area (Å²) < 4.78 is 26.9. The molecule has 0 atom stereocenters. The molecule has 3 amide bonds. The zero-order chi connectivity index (χ0) is 18.8. The molecule has 2 heterocycles. The first-order chi connectivity index (χ1) is 12.3. The molecule has 138 valence electrons. The minimum Gasteiger partial charge on any atom is -0.336 e. The predicted octanol–water partition coefficient (Wildman–Crippen LogP) is 3.15. The number of benzene rings is 1. The summed E-state index contributed by atoms with van der Waals surface area (Å²) in [5.41, 5.74) is 0.660. The van der Waals surface area contributed by atoms with Gasteiger partial charge in [0.25, 0.3) is 5.91 Å². The maximum Gasteiger partial charge on any atom is 0.321 e. The van der Waals surface area contributed by atoms with E-state index in [1.807, 2.05) is 13.8 Å². The average molecular weight is 380 g/mol. The van der Waals surface area contributed by atoms with Crippen molar-refractivity contribution in [2.45, 2.75) is 32.9 Å². The molecule has 0 saturated heterocycles. The van der Waals surface area contributed by atoms with E-state index in [4.69, 9.17) is 0 Å². The smallest absolute Gasteiger partial charge is 0.321 e. The van der Waals surface area contributed by atoms with Crippen LogP contribution in [0.2, 0.25) is 0 Å². The molecular formula is C17H18F2N4O2S. The lowest BCUT2D eigenvalue weighted by Gasteiger charge is -2.26. The number of carbonyl (C=O) groups excluding carboxylic acids is 2. The summed E-state index contributed by atoms with van der Waals surface area (Å²) in [5, 5.41) is 5.84. The Labute approximate surface area is 153 Å². The van der Waals surface area contributed by atoms with Crippen LogP contribution in [0.4, 0.5) is 18.7 Å². The number of rotatable bonds is 3. The molecule has 0 saturated carbocycles. The number of nitrogens with one attached hydrogen (secondary N) is 2. The van der Waals surface area contributed by atoms with E-state index in [-0.39, 0.29) is 24.2 Å². The number of nitrogens with zero attached hydrogens (tertiary/aromatic N) is 2. The van der Waals surface area contributed by atoms with Gasteiger partial charge in [0.2, 0.25) is 0 Å². The Kier molecular flexibility index (Phi) is 5.17. The molecule has 1 aromatic heterocycles. The average Bonchev–Trinajstić information content (AvgIpc) is 2.94. The van der Waals surface area contributed by atoms with Crippen molar-refractivity contribution in [2.75, 3.05) is 11.9 Å². The van der Waals surface area contributed by atoms with Crippen LogP contribution in [-0.4, -0.2) is 34.4 Å². The lowest BCUT2D eigenvalue weighted by molar-refractivity contribution is 0.0731. The SMILES string of the molecule is CC(C)NC(=O)Nc1nc2c(s1)CN(C(=O)c1ccc(F)cc1F)CC2. The summed E-state index contributed by atoms with van der Waals surface area (Å²) in [5.74, 6) is -2.09. The minimum atomic E-state index is -0.877. The summed E-state index contributed by atoms with van der Waals surface area (Å²) >= 11 is 1.28. The Morgan fingerprint density at radius 3 is 2.77 bits per heavy atom. The van der Waals surface area contributed by atoms with Gasteiger partial charge in [-0.25, -0.2) is 18.6 Å².